The lowest BCUT2D eigenvalue weighted by Gasteiger charge is -2.62. The monoisotopic (exact) mass is 185 g/mol. The SMILES string of the molecule is CC(C)O[C@H]1C(C)(C)[C@H](N)C1(C)C. The molecule has 1 aliphatic rings. The van der Waals surface area contributed by atoms with Gasteiger partial charge in [-0.3, -0.25) is 0 Å². The second kappa shape index (κ2) is 2.96. The van der Waals surface area contributed by atoms with Gasteiger partial charge in [0.15, 0.2) is 0 Å². The minimum atomic E-state index is 0.119. The van der Waals surface area contributed by atoms with Gasteiger partial charge in [-0.05, 0) is 13.8 Å². The predicted molar refractivity (Wildman–Crippen MR) is 55.5 cm³/mol. The second-order valence-electron chi connectivity index (χ2n) is 5.69. The Morgan fingerprint density at radius 2 is 1.46 bits per heavy atom. The van der Waals surface area contributed by atoms with Gasteiger partial charge in [-0.1, -0.05) is 27.7 Å². The molecule has 0 aliphatic heterocycles. The maximum absolute atomic E-state index is 6.12. The average Bonchev–Trinajstić information content (AvgIpc) is 1.98. The van der Waals surface area contributed by atoms with Gasteiger partial charge in [0.2, 0.25) is 0 Å². The smallest absolute Gasteiger partial charge is 0.0710 e. The maximum Gasteiger partial charge on any atom is 0.0710 e. The Hall–Kier alpha value is -0.0800. The lowest BCUT2D eigenvalue weighted by Crippen LogP contribution is -2.72. The molecular weight excluding hydrogens is 162 g/mol. The van der Waals surface area contributed by atoms with Crippen molar-refractivity contribution in [2.45, 2.75) is 59.8 Å². The lowest BCUT2D eigenvalue weighted by atomic mass is 9.50. The van der Waals surface area contributed by atoms with E-state index in [1.807, 2.05) is 0 Å². The number of hydrogen-bond donors (Lipinski definition) is 1. The Morgan fingerprint density at radius 3 is 1.77 bits per heavy atom. The topological polar surface area (TPSA) is 35.2 Å². The van der Waals surface area contributed by atoms with Gasteiger partial charge >= 0.3 is 0 Å². The van der Waals surface area contributed by atoms with Crippen molar-refractivity contribution >= 4 is 0 Å². The Labute approximate surface area is 81.8 Å². The number of ether oxygens (including phenoxy) is 1. The molecule has 0 heterocycles. The quantitative estimate of drug-likeness (QED) is 0.715. The van der Waals surface area contributed by atoms with E-state index in [9.17, 15) is 0 Å². The molecule has 0 saturated heterocycles. The van der Waals surface area contributed by atoms with Crippen LogP contribution in [0.2, 0.25) is 0 Å². The molecule has 0 radical (unpaired) electrons. The van der Waals surface area contributed by atoms with Crippen LogP contribution < -0.4 is 5.73 Å². The van der Waals surface area contributed by atoms with Crippen LogP contribution >= 0.6 is 0 Å². The molecule has 0 aromatic rings. The van der Waals surface area contributed by atoms with Gasteiger partial charge in [0.25, 0.3) is 0 Å². The van der Waals surface area contributed by atoms with Crippen molar-refractivity contribution in [2.75, 3.05) is 0 Å². The summed E-state index contributed by atoms with van der Waals surface area (Å²) in [5.74, 6) is 0. The summed E-state index contributed by atoms with van der Waals surface area (Å²) in [4.78, 5) is 0. The summed E-state index contributed by atoms with van der Waals surface area (Å²) in [5, 5.41) is 0. The highest BCUT2D eigenvalue weighted by molar-refractivity contribution is 5.13. The van der Waals surface area contributed by atoms with Crippen LogP contribution in [0, 0.1) is 10.8 Å². The molecule has 1 rings (SSSR count). The molecule has 2 nitrogen and oxygen atoms in total. The standard InChI is InChI=1S/C11H23NO/c1-7(2)13-9-10(3,4)8(12)11(9,5)6/h7-9H,12H2,1-6H3/t8-,9-. The summed E-state index contributed by atoms with van der Waals surface area (Å²) >= 11 is 0. The average molecular weight is 185 g/mol. The van der Waals surface area contributed by atoms with Crippen LogP contribution in [0.15, 0.2) is 0 Å². The van der Waals surface area contributed by atoms with E-state index in [2.05, 4.69) is 41.5 Å². The first-order chi connectivity index (χ1) is 5.70. The maximum atomic E-state index is 6.12. The third kappa shape index (κ3) is 1.50. The molecule has 0 aromatic heterocycles. The van der Waals surface area contributed by atoms with E-state index in [0.29, 0.717) is 0 Å². The number of rotatable bonds is 2. The molecule has 0 bridgehead atoms. The minimum absolute atomic E-state index is 0.119. The van der Waals surface area contributed by atoms with Crippen LogP contribution in [0.3, 0.4) is 0 Å². The molecule has 0 unspecified atom stereocenters. The summed E-state index contributed by atoms with van der Waals surface area (Å²) in [6, 6.07) is 0.240. The Bertz CT molecular complexity index is 180. The molecule has 0 aromatic carbocycles. The molecule has 0 atom stereocenters. The molecule has 1 aliphatic carbocycles. The minimum Gasteiger partial charge on any atom is -0.374 e. The highest BCUT2D eigenvalue weighted by Gasteiger charge is 2.61. The van der Waals surface area contributed by atoms with E-state index < -0.39 is 0 Å². The third-order valence-electron chi connectivity index (χ3n) is 3.36. The van der Waals surface area contributed by atoms with Gasteiger partial charge in [0.05, 0.1) is 12.2 Å². The normalized spacial score (nSPS) is 36.0. The Kier molecular flexibility index (Phi) is 2.50. The molecule has 2 heteroatoms. The predicted octanol–water partition coefficient (Wildman–Crippen LogP) is 2.17. The van der Waals surface area contributed by atoms with Gasteiger partial charge in [0.1, 0.15) is 0 Å². The van der Waals surface area contributed by atoms with E-state index in [1.165, 1.54) is 0 Å². The van der Waals surface area contributed by atoms with Gasteiger partial charge in [-0.15, -0.1) is 0 Å². The second-order valence-corrected chi connectivity index (χ2v) is 5.69. The fourth-order valence-corrected chi connectivity index (χ4v) is 2.77. The van der Waals surface area contributed by atoms with Crippen LogP contribution in [0.4, 0.5) is 0 Å². The van der Waals surface area contributed by atoms with Crippen LogP contribution in [-0.2, 0) is 4.74 Å². The summed E-state index contributed by atoms with van der Waals surface area (Å²) < 4.78 is 5.91. The molecule has 0 amide bonds. The van der Waals surface area contributed by atoms with E-state index in [-0.39, 0.29) is 29.1 Å². The highest BCUT2D eigenvalue weighted by Crippen LogP contribution is 2.54. The summed E-state index contributed by atoms with van der Waals surface area (Å²) in [6.45, 7) is 12.9. The summed E-state index contributed by atoms with van der Waals surface area (Å²) in [7, 11) is 0. The summed E-state index contributed by atoms with van der Waals surface area (Å²) in [6.07, 6.45) is 0.575. The fraction of sp³-hybridized carbons (Fsp3) is 1.00. The van der Waals surface area contributed by atoms with Gasteiger partial charge < -0.3 is 10.5 Å². The van der Waals surface area contributed by atoms with E-state index in [1.54, 1.807) is 0 Å². The van der Waals surface area contributed by atoms with Crippen molar-refractivity contribution in [3.8, 4) is 0 Å². The summed E-state index contributed by atoms with van der Waals surface area (Å²) in [5.41, 5.74) is 6.36. The van der Waals surface area contributed by atoms with Crippen LogP contribution in [-0.4, -0.2) is 18.2 Å². The van der Waals surface area contributed by atoms with E-state index in [4.69, 9.17) is 10.5 Å². The van der Waals surface area contributed by atoms with Crippen molar-refractivity contribution in [1.29, 1.82) is 0 Å². The molecule has 78 valence electrons. The zero-order chi connectivity index (χ0) is 10.4. The first-order valence-electron chi connectivity index (χ1n) is 5.11. The van der Waals surface area contributed by atoms with Crippen LogP contribution in [0.5, 0.6) is 0 Å². The molecular formula is C11H23NO. The van der Waals surface area contributed by atoms with Gasteiger partial charge in [-0.25, -0.2) is 0 Å². The third-order valence-corrected chi connectivity index (χ3v) is 3.36. The molecule has 1 saturated carbocycles. The van der Waals surface area contributed by atoms with Crippen molar-refractivity contribution in [1.82, 2.24) is 0 Å². The number of nitrogens with two attached hydrogens (primary N) is 1. The molecule has 2 N–H and O–H groups in total. The van der Waals surface area contributed by atoms with Crippen molar-refractivity contribution < 1.29 is 4.74 Å². The van der Waals surface area contributed by atoms with Crippen molar-refractivity contribution in [3.63, 3.8) is 0 Å². The zero-order valence-corrected chi connectivity index (χ0v) is 9.72. The Balaban J connectivity index is 2.73. The fourth-order valence-electron chi connectivity index (χ4n) is 2.77. The van der Waals surface area contributed by atoms with Crippen LogP contribution in [0.1, 0.15) is 41.5 Å². The van der Waals surface area contributed by atoms with Gasteiger partial charge in [-0.2, -0.15) is 0 Å². The molecule has 0 spiro atoms. The molecule has 1 fully saturated rings. The first-order valence-corrected chi connectivity index (χ1v) is 5.11. The highest BCUT2D eigenvalue weighted by atomic mass is 16.5. The van der Waals surface area contributed by atoms with E-state index in [0.717, 1.165) is 0 Å². The Morgan fingerprint density at radius 1 is 1.08 bits per heavy atom. The first kappa shape index (κ1) is 11.0. The number of hydrogen-bond acceptors (Lipinski definition) is 2. The lowest BCUT2D eigenvalue weighted by molar-refractivity contribution is -0.216. The zero-order valence-electron chi connectivity index (χ0n) is 9.72. The molecule has 13 heavy (non-hydrogen) atoms. The van der Waals surface area contributed by atoms with Crippen molar-refractivity contribution in [3.05, 3.63) is 0 Å². The largest absolute Gasteiger partial charge is 0.374 e. The van der Waals surface area contributed by atoms with Gasteiger partial charge in [0, 0.05) is 16.9 Å². The van der Waals surface area contributed by atoms with Crippen LogP contribution in [0.25, 0.3) is 0 Å². The van der Waals surface area contributed by atoms with Crippen molar-refractivity contribution in [2.24, 2.45) is 16.6 Å². The van der Waals surface area contributed by atoms with E-state index >= 15 is 0 Å².